The molecule has 1 fully saturated rings. The summed E-state index contributed by atoms with van der Waals surface area (Å²) < 4.78 is 1.25. The first-order chi connectivity index (χ1) is 14.4. The Morgan fingerprint density at radius 1 is 1.17 bits per heavy atom. The van der Waals surface area contributed by atoms with Crippen molar-refractivity contribution in [3.05, 3.63) is 61.8 Å². The maximum Gasteiger partial charge on any atom is 0.329 e. The van der Waals surface area contributed by atoms with E-state index in [-0.39, 0.29) is 23.7 Å². The zero-order valence-corrected chi connectivity index (χ0v) is 17.2. The number of aromatic amines is 1. The van der Waals surface area contributed by atoms with E-state index in [0.717, 1.165) is 37.6 Å². The Bertz CT molecular complexity index is 1060. The maximum atomic E-state index is 12.8. The van der Waals surface area contributed by atoms with Crippen molar-refractivity contribution >= 4 is 11.6 Å². The number of H-pyrrole nitrogens is 1. The van der Waals surface area contributed by atoms with Crippen LogP contribution in [0.1, 0.15) is 34.8 Å². The molecule has 1 aromatic carbocycles. The lowest BCUT2D eigenvalue weighted by atomic mass is 10.1. The second-order valence-electron chi connectivity index (χ2n) is 7.76. The van der Waals surface area contributed by atoms with Gasteiger partial charge in [-0.05, 0) is 18.6 Å². The number of nitrogen functional groups attached to an aromatic ring is 1. The molecule has 0 aliphatic carbocycles. The molecule has 158 valence electrons. The largest absolute Gasteiger partial charge is 0.384 e. The van der Waals surface area contributed by atoms with Crippen LogP contribution in [0.3, 0.4) is 0 Å². The van der Waals surface area contributed by atoms with Gasteiger partial charge in [0.1, 0.15) is 50.6 Å². The van der Waals surface area contributed by atoms with Crippen molar-refractivity contribution in [1.82, 2.24) is 9.55 Å². The van der Waals surface area contributed by atoms with Crippen LogP contribution in [0.4, 0.5) is 5.82 Å². The molecule has 1 saturated heterocycles. The van der Waals surface area contributed by atoms with Gasteiger partial charge in [0.25, 0.3) is 5.56 Å². The van der Waals surface area contributed by atoms with Gasteiger partial charge in [-0.1, -0.05) is 19.1 Å². The first-order valence-electron chi connectivity index (χ1n) is 10.2. The average Bonchev–Trinajstić information content (AvgIpc) is 2.73. The van der Waals surface area contributed by atoms with E-state index in [0.29, 0.717) is 18.5 Å². The molecule has 2 heterocycles. The van der Waals surface area contributed by atoms with Gasteiger partial charge in [0.2, 0.25) is 5.78 Å². The van der Waals surface area contributed by atoms with Gasteiger partial charge in [-0.25, -0.2) is 4.79 Å². The van der Waals surface area contributed by atoms with E-state index in [2.05, 4.69) is 11.1 Å². The highest BCUT2D eigenvalue weighted by atomic mass is 16.2. The molecule has 5 N–H and O–H groups in total. The summed E-state index contributed by atoms with van der Waals surface area (Å²) in [7, 11) is 0. The predicted molar refractivity (Wildman–Crippen MR) is 111 cm³/mol. The molecule has 0 radical (unpaired) electrons. The van der Waals surface area contributed by atoms with Gasteiger partial charge < -0.3 is 15.5 Å². The summed E-state index contributed by atoms with van der Waals surface area (Å²) in [5, 5.41) is 8.89. The molecule has 30 heavy (non-hydrogen) atoms. The zero-order chi connectivity index (χ0) is 21.7. The highest BCUT2D eigenvalue weighted by Crippen LogP contribution is 2.05. The van der Waals surface area contributed by atoms with Crippen LogP contribution in [-0.2, 0) is 13.1 Å². The number of nitrogens with zero attached hydrogens (tertiary/aromatic N) is 2. The van der Waals surface area contributed by atoms with E-state index in [1.807, 2.05) is 31.2 Å². The normalized spacial score (nSPS) is 18.7. The number of nitrogens with two attached hydrogens (primary N) is 1. The number of rotatable bonds is 7. The quantitative estimate of drug-likeness (QED) is 0.376. The van der Waals surface area contributed by atoms with Crippen molar-refractivity contribution < 1.29 is 14.6 Å². The predicted octanol–water partition coefficient (Wildman–Crippen LogP) is -2.43. The molecule has 1 aliphatic heterocycles. The van der Waals surface area contributed by atoms with Gasteiger partial charge in [-0.3, -0.25) is 19.1 Å². The van der Waals surface area contributed by atoms with Crippen LogP contribution in [0.2, 0.25) is 0 Å². The number of piperazine rings is 1. The SMILES string of the molecule is CCCn1c(N)c(C(=O)C[NH+]2CC[NH+](Cc3ccc(C#N)cc3)CC2)c(=O)[nH]c1=O. The number of carbonyl (C=O) groups is 1. The first-order valence-corrected chi connectivity index (χ1v) is 10.2. The number of ketones is 1. The summed E-state index contributed by atoms with van der Waals surface area (Å²) in [5.74, 6) is -0.371. The number of anilines is 1. The van der Waals surface area contributed by atoms with Gasteiger partial charge in [-0.2, -0.15) is 5.26 Å². The van der Waals surface area contributed by atoms with Crippen LogP contribution < -0.4 is 26.8 Å². The lowest BCUT2D eigenvalue weighted by Crippen LogP contribution is -3.27. The number of carbonyl (C=O) groups excluding carboxylic acids is 1. The highest BCUT2D eigenvalue weighted by molar-refractivity contribution is 6.00. The molecule has 9 nitrogen and oxygen atoms in total. The van der Waals surface area contributed by atoms with Gasteiger partial charge >= 0.3 is 5.69 Å². The monoisotopic (exact) mass is 412 g/mol. The fourth-order valence-corrected chi connectivity index (χ4v) is 3.91. The summed E-state index contributed by atoms with van der Waals surface area (Å²) in [6, 6.07) is 9.74. The second-order valence-corrected chi connectivity index (χ2v) is 7.76. The van der Waals surface area contributed by atoms with E-state index < -0.39 is 11.2 Å². The maximum absolute atomic E-state index is 12.8. The van der Waals surface area contributed by atoms with Gasteiger partial charge in [0.15, 0.2) is 0 Å². The summed E-state index contributed by atoms with van der Waals surface area (Å²) in [5.41, 5.74) is 6.43. The van der Waals surface area contributed by atoms with E-state index in [9.17, 15) is 14.4 Å². The van der Waals surface area contributed by atoms with Gasteiger partial charge in [-0.15, -0.1) is 0 Å². The molecule has 1 aromatic heterocycles. The van der Waals surface area contributed by atoms with Crippen LogP contribution in [-0.4, -0.2) is 48.1 Å². The zero-order valence-electron chi connectivity index (χ0n) is 17.2. The van der Waals surface area contributed by atoms with E-state index >= 15 is 0 Å². The molecule has 0 bridgehead atoms. The molecular weight excluding hydrogens is 384 g/mol. The molecule has 9 heteroatoms. The van der Waals surface area contributed by atoms with Crippen molar-refractivity contribution in [1.29, 1.82) is 5.26 Å². The lowest BCUT2D eigenvalue weighted by molar-refractivity contribution is -1.01. The minimum absolute atomic E-state index is 0.0416. The van der Waals surface area contributed by atoms with Crippen molar-refractivity contribution in [2.24, 2.45) is 0 Å². The van der Waals surface area contributed by atoms with Crippen LogP contribution >= 0.6 is 0 Å². The molecule has 3 rings (SSSR count). The van der Waals surface area contributed by atoms with Crippen molar-refractivity contribution in [3.8, 4) is 6.07 Å². The third-order valence-corrected chi connectivity index (χ3v) is 5.58. The number of hydrogen-bond donors (Lipinski definition) is 4. The van der Waals surface area contributed by atoms with Crippen LogP contribution in [0, 0.1) is 11.3 Å². The Labute approximate surface area is 174 Å². The highest BCUT2D eigenvalue weighted by Gasteiger charge is 2.28. The van der Waals surface area contributed by atoms with Crippen LogP contribution in [0.5, 0.6) is 0 Å². The number of benzene rings is 1. The summed E-state index contributed by atoms with van der Waals surface area (Å²) in [6.45, 7) is 6.73. The van der Waals surface area contributed by atoms with Crippen LogP contribution in [0.25, 0.3) is 0 Å². The van der Waals surface area contributed by atoms with E-state index in [4.69, 9.17) is 11.0 Å². The lowest BCUT2D eigenvalue weighted by Gasteiger charge is -2.29. The molecule has 0 amide bonds. The Kier molecular flexibility index (Phi) is 6.82. The number of nitrogens with one attached hydrogen (secondary N) is 3. The number of hydrogen-bond acceptors (Lipinski definition) is 5. The third kappa shape index (κ3) is 4.84. The fraction of sp³-hybridized carbons (Fsp3) is 0.429. The molecule has 0 unspecified atom stereocenters. The minimum Gasteiger partial charge on any atom is -0.384 e. The fourth-order valence-electron chi connectivity index (χ4n) is 3.91. The molecule has 0 saturated carbocycles. The van der Waals surface area contributed by atoms with E-state index in [1.54, 1.807) is 0 Å². The topological polar surface area (TPSA) is 131 Å². The Morgan fingerprint density at radius 2 is 1.80 bits per heavy atom. The summed E-state index contributed by atoms with van der Waals surface area (Å²) in [6.07, 6.45) is 0.666. The first kappa shape index (κ1) is 21.5. The average molecular weight is 412 g/mol. The molecule has 2 aromatic rings. The molecule has 0 atom stereocenters. The minimum atomic E-state index is -0.709. The smallest absolute Gasteiger partial charge is 0.329 e. The second kappa shape index (κ2) is 9.52. The van der Waals surface area contributed by atoms with Crippen LogP contribution in [0.15, 0.2) is 33.9 Å². The van der Waals surface area contributed by atoms with Crippen molar-refractivity contribution in [3.63, 3.8) is 0 Å². The standard InChI is InChI=1S/C21H26N6O3/c1-2-7-27-19(23)18(20(29)24-21(27)30)17(28)14-26-10-8-25(9-11-26)13-16-5-3-15(12-22)4-6-16/h3-6H,2,7-11,13-14,23H2,1H3,(H,24,29,30)/p+2. The Balaban J connectivity index is 1.60. The summed E-state index contributed by atoms with van der Waals surface area (Å²) in [4.78, 5) is 41.7. The Hall–Kier alpha value is -3.22. The molecule has 1 aliphatic rings. The van der Waals surface area contributed by atoms with Crippen molar-refractivity contribution in [2.45, 2.75) is 26.4 Å². The van der Waals surface area contributed by atoms with E-state index in [1.165, 1.54) is 15.0 Å². The number of nitriles is 1. The third-order valence-electron chi connectivity index (χ3n) is 5.58. The number of quaternary nitrogens is 2. The molecular formula is C21H28N6O3+2. The summed E-state index contributed by atoms with van der Waals surface area (Å²) >= 11 is 0. The van der Waals surface area contributed by atoms with Crippen molar-refractivity contribution in [2.75, 3.05) is 38.5 Å². The molecule has 0 spiro atoms. The number of aromatic nitrogens is 2. The number of Topliss-reactive ketones (excluding diaryl/α,β-unsaturated/α-hetero) is 1. The Morgan fingerprint density at radius 3 is 2.40 bits per heavy atom. The van der Waals surface area contributed by atoms with Gasteiger partial charge in [0, 0.05) is 12.1 Å². The van der Waals surface area contributed by atoms with Gasteiger partial charge in [0.05, 0.1) is 11.6 Å².